The van der Waals surface area contributed by atoms with Crippen LogP contribution in [0.1, 0.15) is 83.3 Å². The van der Waals surface area contributed by atoms with Crippen LogP contribution in [0.4, 0.5) is 18.0 Å². The molecule has 3 aromatic rings. The summed E-state index contributed by atoms with van der Waals surface area (Å²) in [5.41, 5.74) is 0.798. The number of nitrogens with zero attached hydrogens (tertiary/aromatic N) is 7. The molecule has 12 nitrogen and oxygen atoms in total. The fraction of sp³-hybridized carbons (Fsp3) is 0.535. The first-order valence-corrected chi connectivity index (χ1v) is 20.1. The maximum absolute atomic E-state index is 16.2. The normalized spacial score (nSPS) is 21.6. The Morgan fingerprint density at radius 1 is 0.931 bits per heavy atom. The third kappa shape index (κ3) is 9.96. The summed E-state index contributed by atoms with van der Waals surface area (Å²) in [5.74, 6) is -2.17. The number of aryl methyl sites for hydroxylation is 1. The van der Waals surface area contributed by atoms with Gasteiger partial charge in [0.15, 0.2) is 11.6 Å². The number of alkyl halides is 1. The fourth-order valence-electron chi connectivity index (χ4n) is 8.20. The van der Waals surface area contributed by atoms with Crippen LogP contribution in [0.2, 0.25) is 0 Å². The van der Waals surface area contributed by atoms with Crippen LogP contribution in [0.3, 0.4) is 0 Å². The van der Waals surface area contributed by atoms with Gasteiger partial charge in [-0.1, -0.05) is 51.0 Å². The average Bonchev–Trinajstić information content (AvgIpc) is 3.83. The number of ether oxygens (including phenoxy) is 1. The van der Waals surface area contributed by atoms with Crippen molar-refractivity contribution in [1.82, 2.24) is 34.4 Å². The molecule has 15 heteroatoms. The number of halogens is 3. The van der Waals surface area contributed by atoms with Crippen LogP contribution in [0.15, 0.2) is 54.6 Å². The lowest BCUT2D eigenvalue weighted by Gasteiger charge is -2.45. The first kappa shape index (κ1) is 42.6. The molecule has 2 fully saturated rings. The number of carbonyl (C=O) groups is 4. The highest BCUT2D eigenvalue weighted by Gasteiger charge is 2.45. The van der Waals surface area contributed by atoms with Gasteiger partial charge in [-0.15, -0.1) is 0 Å². The summed E-state index contributed by atoms with van der Waals surface area (Å²) in [7, 11) is 0. The second kappa shape index (κ2) is 17.8. The quantitative estimate of drug-likeness (QED) is 0.143. The van der Waals surface area contributed by atoms with Gasteiger partial charge in [0.25, 0.3) is 11.8 Å². The van der Waals surface area contributed by atoms with Crippen molar-refractivity contribution in [3.63, 3.8) is 0 Å². The molecule has 0 saturated carbocycles. The number of benzene rings is 2. The number of hydrogen-bond acceptors (Lipinski definition) is 7. The highest BCUT2D eigenvalue weighted by molar-refractivity contribution is 6.12. The molecule has 0 spiro atoms. The molecule has 2 saturated heterocycles. The predicted molar refractivity (Wildman–Crippen MR) is 211 cm³/mol. The molecule has 0 aliphatic carbocycles. The van der Waals surface area contributed by atoms with Gasteiger partial charge in [-0.05, 0) is 68.9 Å². The summed E-state index contributed by atoms with van der Waals surface area (Å²) in [5, 5.41) is 4.78. The number of morpholine rings is 1. The van der Waals surface area contributed by atoms with Crippen molar-refractivity contribution in [2.24, 2.45) is 11.3 Å². The van der Waals surface area contributed by atoms with E-state index in [0.29, 0.717) is 43.7 Å². The molecular weight excluding hydrogens is 752 g/mol. The Balaban J connectivity index is 1.30. The molecule has 2 aromatic carbocycles. The number of carbonyl (C=O) groups excluding carboxylic acids is 4. The van der Waals surface area contributed by atoms with Gasteiger partial charge in [-0.3, -0.25) is 19.3 Å². The summed E-state index contributed by atoms with van der Waals surface area (Å²) in [6, 6.07) is 9.51. The summed E-state index contributed by atoms with van der Waals surface area (Å²) in [6.07, 6.45) is 2.39. The molecule has 0 radical (unpaired) electrons. The number of aromatic nitrogens is 3. The van der Waals surface area contributed by atoms with Gasteiger partial charge in [0.2, 0.25) is 5.91 Å². The van der Waals surface area contributed by atoms with E-state index in [1.165, 1.54) is 40.2 Å². The Kier molecular flexibility index (Phi) is 13.1. The van der Waals surface area contributed by atoms with Gasteiger partial charge in [-0.25, -0.2) is 27.6 Å². The summed E-state index contributed by atoms with van der Waals surface area (Å²) in [4.78, 5) is 63.0. The molecule has 0 unspecified atom stereocenters. The third-order valence-corrected chi connectivity index (χ3v) is 10.9. The van der Waals surface area contributed by atoms with E-state index in [1.807, 2.05) is 41.5 Å². The van der Waals surface area contributed by atoms with Gasteiger partial charge in [-0.2, -0.15) is 5.10 Å². The van der Waals surface area contributed by atoms with Gasteiger partial charge in [0.1, 0.15) is 17.8 Å². The molecule has 3 aliphatic rings. The number of unbranched alkanes of at least 4 members (excludes halogenated alkanes) is 2. The van der Waals surface area contributed by atoms with E-state index < -0.39 is 35.2 Å². The van der Waals surface area contributed by atoms with Crippen LogP contribution in [0.25, 0.3) is 11.4 Å². The first-order valence-electron chi connectivity index (χ1n) is 20.1. The maximum atomic E-state index is 16.2. The zero-order chi connectivity index (χ0) is 41.9. The van der Waals surface area contributed by atoms with E-state index in [4.69, 9.17) is 14.8 Å². The second-order valence-corrected chi connectivity index (χ2v) is 17.0. The van der Waals surface area contributed by atoms with Crippen molar-refractivity contribution in [3.05, 3.63) is 83.2 Å². The minimum absolute atomic E-state index is 0.0568. The zero-order valence-electron chi connectivity index (χ0n) is 34.2. The van der Waals surface area contributed by atoms with E-state index >= 15 is 8.78 Å². The van der Waals surface area contributed by atoms with E-state index in [-0.39, 0.29) is 86.5 Å². The molecular formula is C43H54F3N7O5. The topological polar surface area (TPSA) is 121 Å². The Hall–Kier alpha value is -5.05. The number of urea groups is 1. The Labute approximate surface area is 338 Å². The summed E-state index contributed by atoms with van der Waals surface area (Å²) < 4.78 is 53.6. The van der Waals surface area contributed by atoms with Crippen molar-refractivity contribution in [2.75, 3.05) is 39.3 Å². The first-order chi connectivity index (χ1) is 27.5. The van der Waals surface area contributed by atoms with Crippen LogP contribution >= 0.6 is 0 Å². The molecule has 312 valence electrons. The second-order valence-electron chi connectivity index (χ2n) is 17.0. The number of imide groups is 1. The van der Waals surface area contributed by atoms with E-state index in [2.05, 4.69) is 0 Å². The molecule has 4 heterocycles. The SMILES string of the molecule is Cc1ccc(F)c(-c2nc([C@H](N(C[C@@H]3CN(C(=O)CCCCCN4C(=O)C=CC4=O)C[C@@H]3F)C(=O)N3C[C@@H](C)O[C@@H](C)C3)C(C)(C)C)n(Cc3cccc(F)c3)n2)c1. The van der Waals surface area contributed by atoms with Crippen molar-refractivity contribution < 1.29 is 37.1 Å². The van der Waals surface area contributed by atoms with Crippen LogP contribution in [-0.4, -0.2) is 116 Å². The van der Waals surface area contributed by atoms with E-state index in [9.17, 15) is 23.6 Å². The number of amides is 5. The van der Waals surface area contributed by atoms with Gasteiger partial charge in [0, 0.05) is 57.2 Å². The van der Waals surface area contributed by atoms with Crippen LogP contribution in [0, 0.1) is 29.9 Å². The lowest BCUT2D eigenvalue weighted by molar-refractivity contribution is -0.137. The van der Waals surface area contributed by atoms with E-state index in [0.717, 1.165) is 5.56 Å². The van der Waals surface area contributed by atoms with Gasteiger partial charge in [0.05, 0.1) is 36.9 Å². The predicted octanol–water partition coefficient (Wildman–Crippen LogP) is 6.48. The third-order valence-electron chi connectivity index (χ3n) is 10.9. The monoisotopic (exact) mass is 805 g/mol. The van der Waals surface area contributed by atoms with Crippen LogP contribution < -0.4 is 0 Å². The minimum atomic E-state index is -1.43. The van der Waals surface area contributed by atoms with Crippen LogP contribution in [-0.2, 0) is 25.7 Å². The lowest BCUT2D eigenvalue weighted by atomic mass is 9.84. The Morgan fingerprint density at radius 2 is 1.64 bits per heavy atom. The van der Waals surface area contributed by atoms with Crippen molar-refractivity contribution in [3.8, 4) is 11.4 Å². The zero-order valence-corrected chi connectivity index (χ0v) is 34.2. The van der Waals surface area contributed by atoms with Crippen molar-refractivity contribution in [1.29, 1.82) is 0 Å². The standard InChI is InChI=1S/C43H54F3N7O5/c1-27-14-15-34(45)33(19-27)40-47-41(53(48-40)23-30-11-10-12-32(44)20-30)39(43(4,5)6)52(42(57)50-21-28(2)58-29(3)22-50)25-31-24-49(26-35(31)46)36(54)13-8-7-9-18-51-37(55)16-17-38(51)56/h10-12,14-17,19-20,28-29,31,35,39H,7-9,13,18,21-26H2,1-6H3/t28-,29+,31-,35-,39-/m0/s1. The molecule has 6 rings (SSSR count). The van der Waals surface area contributed by atoms with E-state index in [1.54, 1.807) is 38.7 Å². The smallest absolute Gasteiger partial charge is 0.320 e. The molecule has 1 aromatic heterocycles. The molecule has 3 aliphatic heterocycles. The summed E-state index contributed by atoms with van der Waals surface area (Å²) >= 11 is 0. The Bertz CT molecular complexity index is 2000. The maximum Gasteiger partial charge on any atom is 0.320 e. The fourth-order valence-corrected chi connectivity index (χ4v) is 8.20. The molecule has 5 atom stereocenters. The summed E-state index contributed by atoms with van der Waals surface area (Å²) in [6.45, 7) is 12.3. The Morgan fingerprint density at radius 3 is 2.31 bits per heavy atom. The molecule has 5 amide bonds. The molecule has 0 N–H and O–H groups in total. The number of hydrogen-bond donors (Lipinski definition) is 0. The number of likely N-dealkylation sites (tertiary alicyclic amines) is 1. The van der Waals surface area contributed by atoms with Crippen LogP contribution in [0.5, 0.6) is 0 Å². The minimum Gasteiger partial charge on any atom is -0.372 e. The highest BCUT2D eigenvalue weighted by Crippen LogP contribution is 2.41. The van der Waals surface area contributed by atoms with Crippen molar-refractivity contribution in [2.45, 2.75) is 98.2 Å². The van der Waals surface area contributed by atoms with Crippen molar-refractivity contribution >= 4 is 23.8 Å². The van der Waals surface area contributed by atoms with Gasteiger partial charge < -0.3 is 19.4 Å². The van der Waals surface area contributed by atoms with Gasteiger partial charge >= 0.3 is 6.03 Å². The average molecular weight is 806 g/mol. The number of rotatable bonds is 13. The molecule has 0 bridgehead atoms. The highest BCUT2D eigenvalue weighted by atomic mass is 19.1. The molecule has 58 heavy (non-hydrogen) atoms. The lowest BCUT2D eigenvalue weighted by Crippen LogP contribution is -2.56. The largest absolute Gasteiger partial charge is 0.372 e.